The van der Waals surface area contributed by atoms with Crippen LogP contribution in [0.5, 0.6) is 0 Å². The number of pyridine rings is 1. The van der Waals surface area contributed by atoms with E-state index >= 15 is 0 Å². The molecule has 1 fully saturated rings. The molecule has 2 atom stereocenters. The molecule has 0 amide bonds. The van der Waals surface area contributed by atoms with E-state index in [0.29, 0.717) is 23.1 Å². The van der Waals surface area contributed by atoms with Crippen molar-refractivity contribution < 1.29 is 4.39 Å². The smallest absolute Gasteiger partial charge is 0.191 e. The molecule has 2 N–H and O–H groups in total. The Morgan fingerprint density at radius 2 is 2.04 bits per heavy atom. The molecule has 3 aromatic rings. The number of fused-ring (bicyclic) bond motifs is 1. The van der Waals surface area contributed by atoms with Crippen LogP contribution in [0.1, 0.15) is 23.5 Å². The highest BCUT2D eigenvalue weighted by molar-refractivity contribution is 14.0. The molecule has 1 aliphatic rings. The summed E-state index contributed by atoms with van der Waals surface area (Å²) >= 11 is 6.18. The first-order chi connectivity index (χ1) is 13.2. The Morgan fingerprint density at radius 3 is 2.82 bits per heavy atom. The number of hydrogen-bond acceptors (Lipinski definition) is 2. The molecule has 1 aliphatic carbocycles. The lowest BCUT2D eigenvalue weighted by Crippen LogP contribution is -2.38. The summed E-state index contributed by atoms with van der Waals surface area (Å²) in [6.45, 7) is 0.626. The molecule has 2 unspecified atom stereocenters. The average Bonchev–Trinajstić information content (AvgIpc) is 3.43. The summed E-state index contributed by atoms with van der Waals surface area (Å²) in [4.78, 5) is 8.67. The second-order valence-corrected chi connectivity index (χ2v) is 7.05. The van der Waals surface area contributed by atoms with Crippen LogP contribution in [0.15, 0.2) is 59.7 Å². The highest BCUT2D eigenvalue weighted by Crippen LogP contribution is 2.44. The predicted molar refractivity (Wildman–Crippen MR) is 123 cm³/mol. The highest BCUT2D eigenvalue weighted by atomic mass is 127. The molecule has 0 aliphatic heterocycles. The minimum Gasteiger partial charge on any atom is -0.353 e. The van der Waals surface area contributed by atoms with Crippen molar-refractivity contribution in [3.63, 3.8) is 0 Å². The zero-order valence-corrected chi connectivity index (χ0v) is 18.4. The Balaban J connectivity index is 0.00000225. The fraction of sp³-hybridized carbons (Fsp3) is 0.238. The van der Waals surface area contributed by atoms with Gasteiger partial charge in [-0.1, -0.05) is 35.9 Å². The van der Waals surface area contributed by atoms with Crippen LogP contribution < -0.4 is 10.6 Å². The van der Waals surface area contributed by atoms with Crippen LogP contribution in [0, 0.1) is 5.82 Å². The third-order valence-corrected chi connectivity index (χ3v) is 5.22. The van der Waals surface area contributed by atoms with Gasteiger partial charge in [0.25, 0.3) is 0 Å². The summed E-state index contributed by atoms with van der Waals surface area (Å²) in [5.74, 6) is 0.512. The maximum atomic E-state index is 14.1. The molecule has 146 valence electrons. The average molecular weight is 511 g/mol. The van der Waals surface area contributed by atoms with E-state index in [4.69, 9.17) is 11.6 Å². The number of nitrogens with one attached hydrogen (secondary N) is 2. The summed E-state index contributed by atoms with van der Waals surface area (Å²) in [5.41, 5.74) is 2.71. The summed E-state index contributed by atoms with van der Waals surface area (Å²) in [5, 5.41) is 8.29. The molecule has 28 heavy (non-hydrogen) atoms. The summed E-state index contributed by atoms with van der Waals surface area (Å²) in [6.07, 6.45) is 2.65. The van der Waals surface area contributed by atoms with Crippen LogP contribution in [-0.4, -0.2) is 24.0 Å². The van der Waals surface area contributed by atoms with Crippen LogP contribution in [-0.2, 0) is 6.54 Å². The standard InChI is InChI=1S/C21H20ClFN4.HI/c1-24-21(26-12-13-9-10-25-18-8-3-2-5-14(13)18)27-19-11-15(19)20-16(22)6-4-7-17(20)23;/h2-10,15,19H,11-12H2,1H3,(H2,24,26,27);1H. The third kappa shape index (κ3) is 4.38. The molecule has 1 saturated carbocycles. The lowest BCUT2D eigenvalue weighted by molar-refractivity contribution is 0.608. The summed E-state index contributed by atoms with van der Waals surface area (Å²) < 4.78 is 14.1. The van der Waals surface area contributed by atoms with Gasteiger partial charge in [-0.15, -0.1) is 24.0 Å². The lowest BCUT2D eigenvalue weighted by Gasteiger charge is -2.13. The van der Waals surface area contributed by atoms with E-state index in [9.17, 15) is 4.39 Å². The van der Waals surface area contributed by atoms with Crippen LogP contribution in [0.3, 0.4) is 0 Å². The molecular weight excluding hydrogens is 490 g/mol. The number of rotatable bonds is 4. The van der Waals surface area contributed by atoms with Gasteiger partial charge in [0.2, 0.25) is 0 Å². The molecule has 0 bridgehead atoms. The molecule has 0 radical (unpaired) electrons. The van der Waals surface area contributed by atoms with Crippen molar-refractivity contribution >= 4 is 52.4 Å². The van der Waals surface area contributed by atoms with Crippen molar-refractivity contribution in [2.75, 3.05) is 7.05 Å². The number of aromatic nitrogens is 1. The van der Waals surface area contributed by atoms with E-state index in [0.717, 1.165) is 22.9 Å². The van der Waals surface area contributed by atoms with Crippen molar-refractivity contribution in [3.8, 4) is 0 Å². The minimum absolute atomic E-state index is 0. The molecule has 1 aromatic heterocycles. The van der Waals surface area contributed by atoms with Gasteiger partial charge < -0.3 is 10.6 Å². The first kappa shape index (κ1) is 20.8. The Kier molecular flexibility index (Phi) is 6.72. The van der Waals surface area contributed by atoms with Crippen molar-refractivity contribution in [1.82, 2.24) is 15.6 Å². The fourth-order valence-corrected chi connectivity index (χ4v) is 3.70. The Bertz CT molecular complexity index is 985. The molecule has 4 rings (SSSR count). The maximum absolute atomic E-state index is 14.1. The molecule has 1 heterocycles. The largest absolute Gasteiger partial charge is 0.353 e. The van der Waals surface area contributed by atoms with Crippen LogP contribution >= 0.6 is 35.6 Å². The maximum Gasteiger partial charge on any atom is 0.191 e. The molecular formula is C21H21ClFIN4. The van der Waals surface area contributed by atoms with E-state index in [1.165, 1.54) is 6.07 Å². The van der Waals surface area contributed by atoms with Crippen molar-refractivity contribution in [1.29, 1.82) is 0 Å². The molecule has 2 aromatic carbocycles. The van der Waals surface area contributed by atoms with Gasteiger partial charge in [-0.25, -0.2) is 4.39 Å². The molecule has 0 spiro atoms. The number of nitrogens with zero attached hydrogens (tertiary/aromatic N) is 2. The van der Waals surface area contributed by atoms with Gasteiger partial charge >= 0.3 is 0 Å². The zero-order valence-electron chi connectivity index (χ0n) is 15.3. The van der Waals surface area contributed by atoms with Crippen LogP contribution in [0.2, 0.25) is 5.02 Å². The van der Waals surface area contributed by atoms with E-state index in [-0.39, 0.29) is 41.8 Å². The predicted octanol–water partition coefficient (Wildman–Crippen LogP) is 4.87. The Hall–Kier alpha value is -1.93. The molecule has 0 saturated heterocycles. The van der Waals surface area contributed by atoms with Gasteiger partial charge in [-0.2, -0.15) is 0 Å². The topological polar surface area (TPSA) is 49.3 Å². The second kappa shape index (κ2) is 9.05. The van der Waals surface area contributed by atoms with Crippen molar-refractivity contribution in [3.05, 3.63) is 76.7 Å². The SMILES string of the molecule is CN=C(NCc1ccnc2ccccc12)NC1CC1c1c(F)cccc1Cl.I. The minimum atomic E-state index is -0.247. The second-order valence-electron chi connectivity index (χ2n) is 6.64. The molecule has 7 heteroatoms. The van der Waals surface area contributed by atoms with Gasteiger partial charge in [-0.05, 0) is 36.2 Å². The first-order valence-electron chi connectivity index (χ1n) is 8.91. The van der Waals surface area contributed by atoms with Gasteiger partial charge in [0.05, 0.1) is 5.52 Å². The van der Waals surface area contributed by atoms with E-state index in [1.54, 1.807) is 19.2 Å². The monoisotopic (exact) mass is 510 g/mol. The number of halogens is 3. The Labute approximate surface area is 185 Å². The lowest BCUT2D eigenvalue weighted by atomic mass is 10.1. The quantitative estimate of drug-likeness (QED) is 0.299. The summed E-state index contributed by atoms with van der Waals surface area (Å²) in [6, 6.07) is 15.0. The highest BCUT2D eigenvalue weighted by Gasteiger charge is 2.41. The Morgan fingerprint density at radius 1 is 1.21 bits per heavy atom. The van der Waals surface area contributed by atoms with E-state index in [1.807, 2.05) is 30.5 Å². The number of guanidine groups is 1. The number of aliphatic imine (C=N–C) groups is 1. The first-order valence-corrected chi connectivity index (χ1v) is 9.29. The van der Waals surface area contributed by atoms with Gasteiger partial charge in [0.15, 0.2) is 5.96 Å². The van der Waals surface area contributed by atoms with E-state index < -0.39 is 0 Å². The number of benzene rings is 2. The van der Waals surface area contributed by atoms with Crippen molar-refractivity contribution in [2.24, 2.45) is 4.99 Å². The van der Waals surface area contributed by atoms with Gasteiger partial charge in [-0.3, -0.25) is 9.98 Å². The van der Waals surface area contributed by atoms with E-state index in [2.05, 4.69) is 26.7 Å². The van der Waals surface area contributed by atoms with Gasteiger partial charge in [0.1, 0.15) is 5.82 Å². The zero-order chi connectivity index (χ0) is 18.8. The third-order valence-electron chi connectivity index (χ3n) is 4.89. The van der Waals surface area contributed by atoms with Crippen LogP contribution in [0.25, 0.3) is 10.9 Å². The number of para-hydroxylation sites is 1. The fourth-order valence-electron chi connectivity index (χ4n) is 3.40. The summed E-state index contributed by atoms with van der Waals surface area (Å²) in [7, 11) is 1.73. The number of hydrogen-bond donors (Lipinski definition) is 2. The molecule has 4 nitrogen and oxygen atoms in total. The normalized spacial score (nSPS) is 18.5. The van der Waals surface area contributed by atoms with Gasteiger partial charge in [0, 0.05) is 47.7 Å². The van der Waals surface area contributed by atoms with Crippen molar-refractivity contribution in [2.45, 2.75) is 24.9 Å². The van der Waals surface area contributed by atoms with Crippen LogP contribution in [0.4, 0.5) is 4.39 Å².